The van der Waals surface area contributed by atoms with Crippen LogP contribution in [0.4, 0.5) is 4.79 Å². The molecule has 0 aromatic carbocycles. The van der Waals surface area contributed by atoms with Gasteiger partial charge >= 0.3 is 12.1 Å². The zero-order valence-corrected chi connectivity index (χ0v) is 35.2. The summed E-state index contributed by atoms with van der Waals surface area (Å²) < 4.78 is 75.9. The first-order valence-corrected chi connectivity index (χ1v) is 20.4. The summed E-state index contributed by atoms with van der Waals surface area (Å²) in [5.41, 5.74) is -0.516. The minimum Gasteiger partial charge on any atom is -0.463 e. The minimum atomic E-state index is -0.516. The van der Waals surface area contributed by atoms with Gasteiger partial charge in [-0.1, -0.05) is 32.6 Å². The van der Waals surface area contributed by atoms with Crippen molar-refractivity contribution in [2.75, 3.05) is 172 Å². The van der Waals surface area contributed by atoms with Gasteiger partial charge in [0.05, 0.1) is 159 Å². The average molecular weight is 816 g/mol. The summed E-state index contributed by atoms with van der Waals surface area (Å²) in [7, 11) is 0. The number of carbonyl (C=O) groups is 2. The lowest BCUT2D eigenvalue weighted by Gasteiger charge is -2.19. The van der Waals surface area contributed by atoms with E-state index in [1.165, 1.54) is 19.3 Å². The van der Waals surface area contributed by atoms with Crippen LogP contribution in [-0.2, 0) is 71.1 Å². The molecule has 0 bridgehead atoms. The fraction of sp³-hybridized carbons (Fsp3) is 0.949. The molecule has 334 valence electrons. The number of esters is 1. The Balaban J connectivity index is 3.12. The van der Waals surface area contributed by atoms with Crippen molar-refractivity contribution in [3.63, 3.8) is 0 Å². The van der Waals surface area contributed by atoms with Gasteiger partial charge in [-0.25, -0.2) is 4.79 Å². The second-order valence-corrected chi connectivity index (χ2v) is 13.2. The zero-order valence-electron chi connectivity index (χ0n) is 35.2. The molecule has 0 aliphatic heterocycles. The molecule has 0 rings (SSSR count). The first-order chi connectivity index (χ1) is 27.3. The molecule has 17 heteroatoms. The molecule has 56 heavy (non-hydrogen) atoms. The second-order valence-electron chi connectivity index (χ2n) is 13.2. The van der Waals surface area contributed by atoms with Crippen molar-refractivity contribution >= 4 is 12.1 Å². The van der Waals surface area contributed by atoms with Crippen LogP contribution in [0, 0.1) is 0 Å². The van der Waals surface area contributed by atoms with Gasteiger partial charge in [0.15, 0.2) is 0 Å². The van der Waals surface area contributed by atoms with Crippen molar-refractivity contribution in [1.29, 1.82) is 0 Å². The summed E-state index contributed by atoms with van der Waals surface area (Å²) >= 11 is 0. The molecule has 0 spiro atoms. The Labute approximate surface area is 336 Å². The molecule has 0 aromatic heterocycles. The van der Waals surface area contributed by atoms with Crippen LogP contribution in [0.15, 0.2) is 0 Å². The lowest BCUT2D eigenvalue weighted by atomic mass is 10.1. The van der Waals surface area contributed by atoms with Crippen LogP contribution in [0.1, 0.15) is 66.2 Å². The number of alkyl carbamates (subject to hydrolysis) is 1. The van der Waals surface area contributed by atoms with Crippen molar-refractivity contribution < 1.29 is 75.9 Å². The standard InChI is InChI=1S/C39H77NO16/c1-5-6-7-8-9-10-37(41)55-36-35-54-34-33-53-32-31-52-30-29-51-28-27-50-26-25-49-24-23-48-22-21-47-20-19-46-18-17-45-16-15-44-14-13-43-12-11-40-38(42)56-39(2,3)4/h5-36H2,1-4H3,(H,40,42). The van der Waals surface area contributed by atoms with E-state index in [2.05, 4.69) is 12.2 Å². The van der Waals surface area contributed by atoms with Crippen LogP contribution in [0.5, 0.6) is 0 Å². The Kier molecular flexibility index (Phi) is 43.0. The fourth-order valence-corrected chi connectivity index (χ4v) is 4.22. The SMILES string of the molecule is CCCCCCCC(=O)OCCOCCOCCOCCOCCOCCOCCOCCOCCOCCOCCOCCOCCNC(=O)OC(C)(C)C. The van der Waals surface area contributed by atoms with E-state index in [0.29, 0.717) is 172 Å². The predicted molar refractivity (Wildman–Crippen MR) is 208 cm³/mol. The summed E-state index contributed by atoms with van der Waals surface area (Å²) in [5, 5.41) is 2.63. The third-order valence-corrected chi connectivity index (χ3v) is 6.98. The van der Waals surface area contributed by atoms with Crippen LogP contribution in [0.25, 0.3) is 0 Å². The molecule has 1 amide bonds. The maximum absolute atomic E-state index is 11.6. The number of hydrogen-bond donors (Lipinski definition) is 1. The molecule has 0 unspecified atom stereocenters. The van der Waals surface area contributed by atoms with E-state index in [0.717, 1.165) is 12.8 Å². The average Bonchev–Trinajstić information content (AvgIpc) is 3.16. The van der Waals surface area contributed by atoms with Crippen LogP contribution in [-0.4, -0.2) is 189 Å². The molecule has 0 aliphatic carbocycles. The third-order valence-electron chi connectivity index (χ3n) is 6.98. The summed E-state index contributed by atoms with van der Waals surface area (Å²) in [6.07, 6.45) is 5.59. The van der Waals surface area contributed by atoms with E-state index in [-0.39, 0.29) is 12.6 Å². The van der Waals surface area contributed by atoms with Crippen molar-refractivity contribution in [2.24, 2.45) is 0 Å². The Morgan fingerprint density at radius 2 is 0.679 bits per heavy atom. The number of hydrogen-bond acceptors (Lipinski definition) is 16. The van der Waals surface area contributed by atoms with Crippen molar-refractivity contribution in [3.05, 3.63) is 0 Å². The molecule has 0 radical (unpaired) electrons. The fourth-order valence-electron chi connectivity index (χ4n) is 4.22. The van der Waals surface area contributed by atoms with Gasteiger partial charge in [0, 0.05) is 13.0 Å². The molecular weight excluding hydrogens is 738 g/mol. The van der Waals surface area contributed by atoms with Gasteiger partial charge in [-0.3, -0.25) is 4.79 Å². The summed E-state index contributed by atoms with van der Waals surface area (Å²) in [5.74, 6) is -0.152. The molecule has 0 aromatic rings. The highest BCUT2D eigenvalue weighted by atomic mass is 16.6. The quantitative estimate of drug-likeness (QED) is 0.0697. The highest BCUT2D eigenvalue weighted by Crippen LogP contribution is 2.06. The van der Waals surface area contributed by atoms with E-state index in [9.17, 15) is 9.59 Å². The van der Waals surface area contributed by atoms with E-state index in [1.54, 1.807) is 0 Å². The number of nitrogens with one attached hydrogen (secondary N) is 1. The highest BCUT2D eigenvalue weighted by molar-refractivity contribution is 5.69. The summed E-state index contributed by atoms with van der Waals surface area (Å²) in [6, 6.07) is 0. The van der Waals surface area contributed by atoms with E-state index in [1.807, 2.05) is 20.8 Å². The van der Waals surface area contributed by atoms with Crippen molar-refractivity contribution in [3.8, 4) is 0 Å². The van der Waals surface area contributed by atoms with Gasteiger partial charge in [-0.15, -0.1) is 0 Å². The zero-order chi connectivity index (χ0) is 40.9. The molecule has 0 atom stereocenters. The lowest BCUT2D eigenvalue weighted by molar-refractivity contribution is -0.145. The normalized spacial score (nSPS) is 11.6. The maximum atomic E-state index is 11.6. The molecule has 0 heterocycles. The molecule has 0 saturated carbocycles. The Morgan fingerprint density at radius 3 is 0.982 bits per heavy atom. The minimum absolute atomic E-state index is 0.152. The second kappa shape index (κ2) is 44.4. The van der Waals surface area contributed by atoms with Crippen LogP contribution < -0.4 is 5.32 Å². The van der Waals surface area contributed by atoms with Gasteiger partial charge in [-0.05, 0) is 27.2 Å². The highest BCUT2D eigenvalue weighted by Gasteiger charge is 2.15. The van der Waals surface area contributed by atoms with Crippen LogP contribution >= 0.6 is 0 Å². The van der Waals surface area contributed by atoms with Crippen molar-refractivity contribution in [2.45, 2.75) is 71.8 Å². The van der Waals surface area contributed by atoms with Gasteiger partial charge < -0.3 is 71.6 Å². The van der Waals surface area contributed by atoms with Gasteiger partial charge in [0.25, 0.3) is 0 Å². The molecular formula is C39H77NO16. The first kappa shape index (κ1) is 54.3. The Morgan fingerprint density at radius 1 is 0.393 bits per heavy atom. The number of carbonyl (C=O) groups excluding carboxylic acids is 2. The largest absolute Gasteiger partial charge is 0.463 e. The van der Waals surface area contributed by atoms with Crippen LogP contribution in [0.2, 0.25) is 0 Å². The lowest BCUT2D eigenvalue weighted by Crippen LogP contribution is -2.34. The smallest absolute Gasteiger partial charge is 0.407 e. The molecule has 1 N–H and O–H groups in total. The Bertz CT molecular complexity index is 820. The monoisotopic (exact) mass is 816 g/mol. The van der Waals surface area contributed by atoms with Gasteiger partial charge in [0.1, 0.15) is 12.2 Å². The third kappa shape index (κ3) is 48.4. The van der Waals surface area contributed by atoms with E-state index >= 15 is 0 Å². The summed E-state index contributed by atoms with van der Waals surface area (Å²) in [6.45, 7) is 19.5. The number of amides is 1. The van der Waals surface area contributed by atoms with Gasteiger partial charge in [0.2, 0.25) is 0 Å². The Hall–Kier alpha value is -1.74. The number of rotatable bonds is 45. The molecule has 0 saturated heterocycles. The topological polar surface area (TPSA) is 175 Å². The molecule has 0 aliphatic rings. The maximum Gasteiger partial charge on any atom is 0.407 e. The van der Waals surface area contributed by atoms with Crippen molar-refractivity contribution in [1.82, 2.24) is 5.32 Å². The number of unbranched alkanes of at least 4 members (excludes halogenated alkanes) is 4. The molecule has 0 fully saturated rings. The van der Waals surface area contributed by atoms with E-state index in [4.69, 9.17) is 66.3 Å². The molecule has 17 nitrogen and oxygen atoms in total. The van der Waals surface area contributed by atoms with E-state index < -0.39 is 11.7 Å². The first-order valence-electron chi connectivity index (χ1n) is 20.4. The summed E-state index contributed by atoms with van der Waals surface area (Å²) in [4.78, 5) is 23.1. The van der Waals surface area contributed by atoms with Gasteiger partial charge in [-0.2, -0.15) is 0 Å². The predicted octanol–water partition coefficient (Wildman–Crippen LogP) is 3.61. The number of ether oxygens (including phenoxy) is 14. The van der Waals surface area contributed by atoms with Crippen LogP contribution in [0.3, 0.4) is 0 Å².